The molecule has 3 amide bonds. The summed E-state index contributed by atoms with van der Waals surface area (Å²) in [7, 11) is 3.05. The van der Waals surface area contributed by atoms with Crippen molar-refractivity contribution in [2.24, 2.45) is 0 Å². The van der Waals surface area contributed by atoms with E-state index < -0.39 is 17.1 Å². The van der Waals surface area contributed by atoms with Crippen LogP contribution in [0.15, 0.2) is 94.0 Å². The van der Waals surface area contributed by atoms with Crippen LogP contribution in [0.25, 0.3) is 6.08 Å². The van der Waals surface area contributed by atoms with Crippen LogP contribution in [0, 0.1) is 6.92 Å². The lowest BCUT2D eigenvalue weighted by molar-refractivity contribution is -0.116. The standard InChI is InChI=1S/C32H32N4O6S/c1-5-28(32(39)35-29-16-20(2)42-36-29)43-25-13-9-12-23(19-25)33-31(38)26(34-30(37)21-10-7-6-8-11-21)18-22-17-24(40-3)14-15-27(22)41-4/h6-19,28H,5H2,1-4H3,(H,33,38)(H,34,37)(H,35,36,39)/b26-18+. The van der Waals surface area contributed by atoms with E-state index in [0.717, 1.165) is 4.90 Å². The molecule has 1 atom stereocenters. The van der Waals surface area contributed by atoms with Gasteiger partial charge in [0.2, 0.25) is 5.91 Å². The number of nitrogens with one attached hydrogen (secondary N) is 3. The predicted molar refractivity (Wildman–Crippen MR) is 166 cm³/mol. The largest absolute Gasteiger partial charge is 0.497 e. The van der Waals surface area contributed by atoms with Crippen LogP contribution in [0.4, 0.5) is 11.5 Å². The smallest absolute Gasteiger partial charge is 0.272 e. The summed E-state index contributed by atoms with van der Waals surface area (Å²) in [6.45, 7) is 3.66. The maximum Gasteiger partial charge on any atom is 0.272 e. The van der Waals surface area contributed by atoms with E-state index in [2.05, 4.69) is 21.1 Å². The summed E-state index contributed by atoms with van der Waals surface area (Å²) >= 11 is 1.36. The normalized spacial score (nSPS) is 11.8. The second-order valence-corrected chi connectivity index (χ2v) is 10.6. The molecule has 0 aliphatic rings. The molecule has 4 rings (SSSR count). The molecule has 0 aliphatic carbocycles. The zero-order chi connectivity index (χ0) is 30.8. The molecular formula is C32H32N4O6S. The molecule has 0 bridgehead atoms. The van der Waals surface area contributed by atoms with Crippen molar-refractivity contribution in [2.45, 2.75) is 30.4 Å². The first-order chi connectivity index (χ1) is 20.8. The first-order valence-corrected chi connectivity index (χ1v) is 14.3. The molecule has 1 heterocycles. The SMILES string of the molecule is CCC(Sc1cccc(NC(=O)/C(=C\c2cc(OC)ccc2OC)NC(=O)c2ccccc2)c1)C(=O)Nc1cc(C)on1. The van der Waals surface area contributed by atoms with E-state index in [9.17, 15) is 14.4 Å². The topological polar surface area (TPSA) is 132 Å². The molecule has 11 heteroatoms. The van der Waals surface area contributed by atoms with Crippen molar-refractivity contribution >= 4 is 47.1 Å². The number of methoxy groups -OCH3 is 2. The molecule has 0 aliphatic heterocycles. The van der Waals surface area contributed by atoms with Crippen molar-refractivity contribution < 1.29 is 28.4 Å². The van der Waals surface area contributed by atoms with E-state index in [1.54, 1.807) is 79.7 Å². The molecule has 222 valence electrons. The summed E-state index contributed by atoms with van der Waals surface area (Å²) in [5, 5.41) is 11.8. The van der Waals surface area contributed by atoms with Gasteiger partial charge >= 0.3 is 0 Å². The highest BCUT2D eigenvalue weighted by atomic mass is 32.2. The number of amides is 3. The molecule has 0 saturated heterocycles. The Morgan fingerprint density at radius 3 is 2.42 bits per heavy atom. The number of carbonyl (C=O) groups excluding carboxylic acids is 3. The molecule has 3 aromatic carbocycles. The van der Waals surface area contributed by atoms with E-state index in [-0.39, 0.29) is 11.6 Å². The highest BCUT2D eigenvalue weighted by Crippen LogP contribution is 2.29. The third-order valence-corrected chi connectivity index (χ3v) is 7.54. The lowest BCUT2D eigenvalue weighted by Crippen LogP contribution is -2.30. The van der Waals surface area contributed by atoms with Crippen molar-refractivity contribution in [1.29, 1.82) is 0 Å². The molecule has 1 aromatic heterocycles. The number of thioether (sulfide) groups is 1. The summed E-state index contributed by atoms with van der Waals surface area (Å²) in [6.07, 6.45) is 2.09. The second-order valence-electron chi connectivity index (χ2n) is 9.29. The summed E-state index contributed by atoms with van der Waals surface area (Å²) < 4.78 is 15.8. The number of ether oxygens (including phenoxy) is 2. The molecule has 0 spiro atoms. The van der Waals surface area contributed by atoms with E-state index in [4.69, 9.17) is 14.0 Å². The van der Waals surface area contributed by atoms with Crippen molar-refractivity contribution in [2.75, 3.05) is 24.9 Å². The minimum absolute atomic E-state index is 0.00724. The van der Waals surface area contributed by atoms with Gasteiger partial charge in [0.15, 0.2) is 5.82 Å². The Balaban J connectivity index is 1.56. The van der Waals surface area contributed by atoms with Crippen LogP contribution in [0.5, 0.6) is 11.5 Å². The van der Waals surface area contributed by atoms with Crippen LogP contribution in [0.2, 0.25) is 0 Å². The fourth-order valence-corrected chi connectivity index (χ4v) is 5.03. The Kier molecular flexibility index (Phi) is 10.6. The van der Waals surface area contributed by atoms with Crippen molar-refractivity contribution in [3.05, 3.63) is 101 Å². The third-order valence-electron chi connectivity index (χ3n) is 6.18. The van der Waals surface area contributed by atoms with Crippen LogP contribution < -0.4 is 25.4 Å². The lowest BCUT2D eigenvalue weighted by Gasteiger charge is -2.15. The Labute approximate surface area is 253 Å². The molecule has 10 nitrogen and oxygen atoms in total. The molecular weight excluding hydrogens is 568 g/mol. The molecule has 43 heavy (non-hydrogen) atoms. The van der Waals surface area contributed by atoms with E-state index in [1.807, 2.05) is 13.0 Å². The molecule has 0 fully saturated rings. The van der Waals surface area contributed by atoms with Gasteiger partial charge in [0.25, 0.3) is 11.8 Å². The monoisotopic (exact) mass is 600 g/mol. The van der Waals surface area contributed by atoms with Gasteiger partial charge in [0.05, 0.1) is 19.5 Å². The van der Waals surface area contributed by atoms with E-state index in [0.29, 0.717) is 46.3 Å². The number of aromatic nitrogens is 1. The average Bonchev–Trinajstić information content (AvgIpc) is 3.43. The number of benzene rings is 3. The second kappa shape index (κ2) is 14.7. The van der Waals surface area contributed by atoms with Crippen molar-refractivity contribution in [3.8, 4) is 11.5 Å². The van der Waals surface area contributed by atoms with E-state index >= 15 is 0 Å². The number of hydrogen-bond donors (Lipinski definition) is 3. The lowest BCUT2D eigenvalue weighted by atomic mass is 10.1. The minimum Gasteiger partial charge on any atom is -0.497 e. The van der Waals surface area contributed by atoms with Gasteiger partial charge in [-0.15, -0.1) is 11.8 Å². The molecule has 4 aromatic rings. The van der Waals surface area contributed by atoms with Gasteiger partial charge < -0.3 is 29.9 Å². The third kappa shape index (κ3) is 8.49. The quantitative estimate of drug-likeness (QED) is 0.135. The summed E-state index contributed by atoms with van der Waals surface area (Å²) in [4.78, 5) is 40.3. The number of carbonyl (C=O) groups is 3. The van der Waals surface area contributed by atoms with Crippen LogP contribution in [-0.2, 0) is 9.59 Å². The highest BCUT2D eigenvalue weighted by Gasteiger charge is 2.21. The fraction of sp³-hybridized carbons (Fsp3) is 0.188. The maximum absolute atomic E-state index is 13.6. The summed E-state index contributed by atoms with van der Waals surface area (Å²) in [6, 6.07) is 22.5. The highest BCUT2D eigenvalue weighted by molar-refractivity contribution is 8.00. The number of nitrogens with zero attached hydrogens (tertiary/aromatic N) is 1. The molecule has 0 radical (unpaired) electrons. The first-order valence-electron chi connectivity index (χ1n) is 13.4. The van der Waals surface area contributed by atoms with Gasteiger partial charge in [0, 0.05) is 27.8 Å². The zero-order valence-corrected chi connectivity index (χ0v) is 25.0. The van der Waals surface area contributed by atoms with Gasteiger partial charge in [-0.25, -0.2) is 0 Å². The van der Waals surface area contributed by atoms with Crippen LogP contribution in [0.3, 0.4) is 0 Å². The van der Waals surface area contributed by atoms with Gasteiger partial charge in [-0.2, -0.15) is 0 Å². The van der Waals surface area contributed by atoms with Crippen molar-refractivity contribution in [3.63, 3.8) is 0 Å². The molecule has 1 unspecified atom stereocenters. The maximum atomic E-state index is 13.6. The summed E-state index contributed by atoms with van der Waals surface area (Å²) in [5.41, 5.74) is 1.40. The number of hydrogen-bond acceptors (Lipinski definition) is 8. The van der Waals surface area contributed by atoms with Crippen LogP contribution in [-0.4, -0.2) is 42.3 Å². The number of rotatable bonds is 12. The first kappa shape index (κ1) is 30.9. The minimum atomic E-state index is -0.553. The van der Waals surface area contributed by atoms with Gasteiger partial charge in [-0.1, -0.05) is 36.3 Å². The average molecular weight is 601 g/mol. The number of anilines is 2. The Hall–Kier alpha value is -5.03. The van der Waals surface area contributed by atoms with Gasteiger partial charge in [-0.05, 0) is 68.0 Å². The van der Waals surface area contributed by atoms with Crippen LogP contribution >= 0.6 is 11.8 Å². The molecule has 3 N–H and O–H groups in total. The summed E-state index contributed by atoms with van der Waals surface area (Å²) in [5.74, 6) is 0.776. The zero-order valence-electron chi connectivity index (χ0n) is 24.2. The Morgan fingerprint density at radius 1 is 0.953 bits per heavy atom. The van der Waals surface area contributed by atoms with Gasteiger partial charge in [-0.3, -0.25) is 14.4 Å². The molecule has 0 saturated carbocycles. The predicted octanol–water partition coefficient (Wildman–Crippen LogP) is 5.92. The number of aryl methyl sites for hydroxylation is 1. The fourth-order valence-electron chi connectivity index (χ4n) is 4.01. The van der Waals surface area contributed by atoms with E-state index in [1.165, 1.54) is 32.1 Å². The Bertz CT molecular complexity index is 1620. The van der Waals surface area contributed by atoms with Gasteiger partial charge in [0.1, 0.15) is 23.0 Å². The van der Waals surface area contributed by atoms with Crippen molar-refractivity contribution in [1.82, 2.24) is 10.5 Å². The Morgan fingerprint density at radius 2 is 1.74 bits per heavy atom. The van der Waals surface area contributed by atoms with Crippen LogP contribution in [0.1, 0.15) is 35.0 Å².